The van der Waals surface area contributed by atoms with Crippen molar-refractivity contribution in [2.45, 2.75) is 39.0 Å². The van der Waals surface area contributed by atoms with E-state index in [1.807, 2.05) is 25.1 Å². The summed E-state index contributed by atoms with van der Waals surface area (Å²) in [6.45, 7) is 5.37. The molecule has 1 saturated heterocycles. The van der Waals surface area contributed by atoms with Crippen LogP contribution in [0.25, 0.3) is 0 Å². The number of carbonyl (C=O) groups excluding carboxylic acids is 1. The summed E-state index contributed by atoms with van der Waals surface area (Å²) in [5, 5.41) is 13.4. The van der Waals surface area contributed by atoms with Crippen molar-refractivity contribution < 1.29 is 14.3 Å². The molecule has 7 heteroatoms. The van der Waals surface area contributed by atoms with Gasteiger partial charge in [0.05, 0.1) is 13.2 Å². The fourth-order valence-electron chi connectivity index (χ4n) is 3.38. The molecule has 0 radical (unpaired) electrons. The molecule has 3 heterocycles. The van der Waals surface area contributed by atoms with E-state index >= 15 is 0 Å². The van der Waals surface area contributed by atoms with Crippen LogP contribution in [0.4, 0.5) is 0 Å². The molecule has 1 amide bonds. The number of nitrogens with one attached hydrogen (secondary N) is 3. The summed E-state index contributed by atoms with van der Waals surface area (Å²) in [6.07, 6.45) is 1.84. The number of nitrogens with zero attached hydrogens (tertiary/aromatic N) is 1. The van der Waals surface area contributed by atoms with Gasteiger partial charge in [0, 0.05) is 49.3 Å². The lowest BCUT2D eigenvalue weighted by molar-refractivity contribution is 0.0944. The van der Waals surface area contributed by atoms with E-state index < -0.39 is 0 Å². The Labute approximate surface area is 152 Å². The van der Waals surface area contributed by atoms with E-state index in [1.165, 1.54) is 0 Å². The topological polar surface area (TPSA) is 88.3 Å². The number of H-pyrrole nitrogens is 1. The summed E-state index contributed by atoms with van der Waals surface area (Å²) in [4.78, 5) is 12.6. The summed E-state index contributed by atoms with van der Waals surface area (Å²) in [5.41, 5.74) is 4.58. The average Bonchev–Trinajstić information content (AvgIpc) is 3.30. The molecule has 1 aromatic carbocycles. The predicted octanol–water partition coefficient (Wildman–Crippen LogP) is 1.46. The van der Waals surface area contributed by atoms with Gasteiger partial charge in [-0.2, -0.15) is 5.10 Å². The summed E-state index contributed by atoms with van der Waals surface area (Å²) in [5.74, 6) is 0.647. The zero-order valence-corrected chi connectivity index (χ0v) is 14.9. The molecule has 138 valence electrons. The molecule has 7 nitrogen and oxygen atoms in total. The normalized spacial score (nSPS) is 19.2. The first-order valence-electron chi connectivity index (χ1n) is 9.09. The highest BCUT2D eigenvalue weighted by Gasteiger charge is 2.22. The molecule has 0 bridgehead atoms. The number of aromatic amines is 1. The fourth-order valence-corrected chi connectivity index (χ4v) is 3.38. The Morgan fingerprint density at radius 3 is 3.23 bits per heavy atom. The molecule has 0 spiro atoms. The summed E-state index contributed by atoms with van der Waals surface area (Å²) >= 11 is 0. The van der Waals surface area contributed by atoms with Crippen molar-refractivity contribution in [2.24, 2.45) is 0 Å². The van der Waals surface area contributed by atoms with Gasteiger partial charge in [-0.3, -0.25) is 9.89 Å². The Morgan fingerprint density at radius 1 is 1.46 bits per heavy atom. The van der Waals surface area contributed by atoms with Crippen LogP contribution >= 0.6 is 0 Å². The molecule has 26 heavy (non-hydrogen) atoms. The van der Waals surface area contributed by atoms with Crippen LogP contribution in [0, 0.1) is 6.92 Å². The number of aromatic nitrogens is 2. The molecule has 1 fully saturated rings. The smallest absolute Gasteiger partial charge is 0.272 e. The maximum Gasteiger partial charge on any atom is 0.272 e. The van der Waals surface area contributed by atoms with Gasteiger partial charge in [-0.25, -0.2) is 0 Å². The van der Waals surface area contributed by atoms with Gasteiger partial charge in [-0.15, -0.1) is 0 Å². The number of carbonyl (C=O) groups is 1. The summed E-state index contributed by atoms with van der Waals surface area (Å²) in [6, 6.07) is 6.04. The second-order valence-electron chi connectivity index (χ2n) is 6.85. The lowest BCUT2D eigenvalue weighted by Crippen LogP contribution is -2.28. The minimum Gasteiger partial charge on any atom is -0.488 e. The number of fused-ring (bicyclic) bond motifs is 1. The van der Waals surface area contributed by atoms with Gasteiger partial charge in [-0.05, 0) is 18.6 Å². The molecule has 2 aromatic rings. The van der Waals surface area contributed by atoms with Gasteiger partial charge in [0.25, 0.3) is 5.91 Å². The monoisotopic (exact) mass is 356 g/mol. The van der Waals surface area contributed by atoms with Crippen molar-refractivity contribution >= 4 is 5.91 Å². The zero-order chi connectivity index (χ0) is 17.9. The second kappa shape index (κ2) is 7.47. The lowest BCUT2D eigenvalue weighted by atomic mass is 10.1. The summed E-state index contributed by atoms with van der Waals surface area (Å²) in [7, 11) is 0. The number of rotatable bonds is 5. The van der Waals surface area contributed by atoms with Crippen molar-refractivity contribution in [3.8, 4) is 5.75 Å². The van der Waals surface area contributed by atoms with Gasteiger partial charge in [0.15, 0.2) is 5.69 Å². The number of amides is 1. The molecule has 0 aliphatic carbocycles. The van der Waals surface area contributed by atoms with E-state index in [0.717, 1.165) is 54.1 Å². The number of ether oxygens (including phenoxy) is 2. The van der Waals surface area contributed by atoms with Crippen LogP contribution < -0.4 is 15.4 Å². The van der Waals surface area contributed by atoms with Gasteiger partial charge in [0.2, 0.25) is 0 Å². The maximum absolute atomic E-state index is 12.6. The Kier molecular flexibility index (Phi) is 4.90. The summed E-state index contributed by atoms with van der Waals surface area (Å²) < 4.78 is 11.5. The first-order chi connectivity index (χ1) is 12.7. The van der Waals surface area contributed by atoms with Crippen LogP contribution in [0.15, 0.2) is 18.2 Å². The maximum atomic E-state index is 12.6. The SMILES string of the molecule is Cc1ccc(CNC(=O)c2n[nH]c3c2CNCC3)c(OC2CCOC2)c1. The molecule has 2 aliphatic rings. The molecule has 3 N–H and O–H groups in total. The number of aryl methyl sites for hydroxylation is 1. The largest absolute Gasteiger partial charge is 0.488 e. The zero-order valence-electron chi connectivity index (χ0n) is 14.9. The van der Waals surface area contributed by atoms with Crippen molar-refractivity contribution in [2.75, 3.05) is 19.8 Å². The van der Waals surface area contributed by atoms with Gasteiger partial charge in [-0.1, -0.05) is 12.1 Å². The molecule has 0 saturated carbocycles. The van der Waals surface area contributed by atoms with Crippen molar-refractivity contribution in [3.05, 3.63) is 46.3 Å². The predicted molar refractivity (Wildman–Crippen MR) is 96.2 cm³/mol. The minimum atomic E-state index is -0.165. The Hall–Kier alpha value is -2.38. The van der Waals surface area contributed by atoms with E-state index in [-0.39, 0.29) is 12.0 Å². The average molecular weight is 356 g/mol. The number of hydrogen-bond donors (Lipinski definition) is 3. The molecular weight excluding hydrogens is 332 g/mol. The Bertz CT molecular complexity index is 796. The van der Waals surface area contributed by atoms with Gasteiger partial charge < -0.3 is 20.1 Å². The molecule has 4 rings (SSSR count). The highest BCUT2D eigenvalue weighted by molar-refractivity contribution is 5.94. The van der Waals surface area contributed by atoms with Crippen LogP contribution in [-0.4, -0.2) is 42.0 Å². The standard InChI is InChI=1S/C19H24N4O3/c1-12-2-3-13(17(8-12)26-14-5-7-25-11-14)9-21-19(24)18-15-10-20-6-4-16(15)22-23-18/h2-3,8,14,20H,4-7,9-11H2,1H3,(H,21,24)(H,22,23). The highest BCUT2D eigenvalue weighted by atomic mass is 16.5. The number of benzene rings is 1. The van der Waals surface area contributed by atoms with Crippen LogP contribution in [0.1, 0.15) is 39.3 Å². The Morgan fingerprint density at radius 2 is 2.38 bits per heavy atom. The van der Waals surface area contributed by atoms with E-state index in [1.54, 1.807) is 0 Å². The van der Waals surface area contributed by atoms with Crippen molar-refractivity contribution in [3.63, 3.8) is 0 Å². The molecule has 1 aromatic heterocycles. The Balaban J connectivity index is 1.45. The van der Waals surface area contributed by atoms with E-state index in [4.69, 9.17) is 9.47 Å². The van der Waals surface area contributed by atoms with E-state index in [0.29, 0.717) is 25.4 Å². The lowest BCUT2D eigenvalue weighted by Gasteiger charge is -2.17. The number of hydrogen-bond acceptors (Lipinski definition) is 5. The fraction of sp³-hybridized carbons (Fsp3) is 0.474. The molecular formula is C19H24N4O3. The molecule has 1 atom stereocenters. The van der Waals surface area contributed by atoms with Crippen LogP contribution in [0.2, 0.25) is 0 Å². The van der Waals surface area contributed by atoms with Crippen LogP contribution in [0.3, 0.4) is 0 Å². The van der Waals surface area contributed by atoms with Gasteiger partial charge >= 0.3 is 0 Å². The second-order valence-corrected chi connectivity index (χ2v) is 6.85. The third-order valence-electron chi connectivity index (χ3n) is 4.87. The van der Waals surface area contributed by atoms with E-state index in [2.05, 4.69) is 20.8 Å². The first-order valence-corrected chi connectivity index (χ1v) is 9.09. The third kappa shape index (κ3) is 3.59. The van der Waals surface area contributed by atoms with Crippen LogP contribution in [0.5, 0.6) is 5.75 Å². The van der Waals surface area contributed by atoms with Gasteiger partial charge in [0.1, 0.15) is 11.9 Å². The van der Waals surface area contributed by atoms with Crippen LogP contribution in [-0.2, 0) is 24.2 Å². The first kappa shape index (κ1) is 17.1. The minimum absolute atomic E-state index is 0.0793. The highest BCUT2D eigenvalue weighted by Crippen LogP contribution is 2.24. The molecule has 1 unspecified atom stereocenters. The van der Waals surface area contributed by atoms with Crippen molar-refractivity contribution in [1.29, 1.82) is 0 Å². The quantitative estimate of drug-likeness (QED) is 0.755. The van der Waals surface area contributed by atoms with E-state index in [9.17, 15) is 4.79 Å². The molecule has 2 aliphatic heterocycles. The third-order valence-corrected chi connectivity index (χ3v) is 4.87. The van der Waals surface area contributed by atoms with Crippen molar-refractivity contribution in [1.82, 2.24) is 20.8 Å².